The molecule has 1 unspecified atom stereocenters. The molecule has 3 heterocycles. The van der Waals surface area contributed by atoms with E-state index in [-0.39, 0.29) is 18.3 Å². The van der Waals surface area contributed by atoms with E-state index in [4.69, 9.17) is 28.1 Å². The van der Waals surface area contributed by atoms with Crippen molar-refractivity contribution in [3.63, 3.8) is 0 Å². The van der Waals surface area contributed by atoms with Gasteiger partial charge < -0.3 is 28.1 Å². The van der Waals surface area contributed by atoms with Gasteiger partial charge in [0.05, 0.1) is 12.5 Å². The second-order valence-corrected chi connectivity index (χ2v) is 5.49. The average molecular weight is 296 g/mol. The summed E-state index contributed by atoms with van der Waals surface area (Å²) in [5.74, 6) is 0.106. The number of rotatable bonds is 5. The lowest BCUT2D eigenvalue weighted by atomic mass is 10.1. The van der Waals surface area contributed by atoms with Crippen molar-refractivity contribution in [2.75, 3.05) is 13.7 Å². The standard InChI is InChI=1S/C15H20O6/c1-15(2)20-12-11(19-14(16-3)13(12)21-15)9-17-8-6-10-5-4-7-18-10/h4-8,11-14H,9H2,1-3H3/b8-6+/t11-,12-,13-,14?/m1/s1. The number of hydrogen-bond donors (Lipinski definition) is 0. The molecular weight excluding hydrogens is 276 g/mol. The Morgan fingerprint density at radius 1 is 1.29 bits per heavy atom. The molecule has 0 spiro atoms. The van der Waals surface area contributed by atoms with E-state index >= 15 is 0 Å². The Hall–Kier alpha value is -1.34. The van der Waals surface area contributed by atoms with Crippen LogP contribution < -0.4 is 0 Å². The number of methoxy groups -OCH3 is 1. The highest BCUT2D eigenvalue weighted by Gasteiger charge is 2.55. The summed E-state index contributed by atoms with van der Waals surface area (Å²) < 4.78 is 33.4. The topological polar surface area (TPSA) is 59.3 Å². The molecule has 3 rings (SSSR count). The first-order valence-electron chi connectivity index (χ1n) is 6.94. The van der Waals surface area contributed by atoms with E-state index in [0.717, 1.165) is 5.76 Å². The van der Waals surface area contributed by atoms with Gasteiger partial charge in [0, 0.05) is 13.2 Å². The Kier molecular flexibility index (Phi) is 4.03. The Morgan fingerprint density at radius 3 is 2.81 bits per heavy atom. The van der Waals surface area contributed by atoms with E-state index in [2.05, 4.69) is 0 Å². The fourth-order valence-corrected chi connectivity index (χ4v) is 2.62. The smallest absolute Gasteiger partial charge is 0.186 e. The fourth-order valence-electron chi connectivity index (χ4n) is 2.62. The minimum absolute atomic E-state index is 0.193. The third kappa shape index (κ3) is 3.13. The van der Waals surface area contributed by atoms with Crippen molar-refractivity contribution in [2.45, 2.75) is 44.2 Å². The van der Waals surface area contributed by atoms with Crippen LogP contribution >= 0.6 is 0 Å². The Morgan fingerprint density at radius 2 is 2.10 bits per heavy atom. The van der Waals surface area contributed by atoms with Crippen LogP contribution in [0.3, 0.4) is 0 Å². The first-order chi connectivity index (χ1) is 10.1. The summed E-state index contributed by atoms with van der Waals surface area (Å²) >= 11 is 0. The Balaban J connectivity index is 1.56. The predicted molar refractivity (Wildman–Crippen MR) is 73.2 cm³/mol. The molecule has 0 bridgehead atoms. The van der Waals surface area contributed by atoms with Crippen LogP contribution in [0.25, 0.3) is 6.08 Å². The van der Waals surface area contributed by atoms with Gasteiger partial charge in [-0.2, -0.15) is 0 Å². The fraction of sp³-hybridized carbons (Fsp3) is 0.600. The zero-order valence-corrected chi connectivity index (χ0v) is 12.4. The highest BCUT2D eigenvalue weighted by molar-refractivity contribution is 5.40. The van der Waals surface area contributed by atoms with Gasteiger partial charge in [-0.05, 0) is 26.0 Å². The lowest BCUT2D eigenvalue weighted by molar-refractivity contribution is -0.230. The molecule has 6 nitrogen and oxygen atoms in total. The van der Waals surface area contributed by atoms with Crippen LogP contribution in [0.5, 0.6) is 0 Å². The zero-order valence-electron chi connectivity index (χ0n) is 12.4. The molecule has 0 aromatic carbocycles. The molecule has 0 amide bonds. The van der Waals surface area contributed by atoms with Gasteiger partial charge in [0.25, 0.3) is 0 Å². The van der Waals surface area contributed by atoms with Crippen molar-refractivity contribution in [3.8, 4) is 0 Å². The first-order valence-corrected chi connectivity index (χ1v) is 6.94. The molecule has 1 aromatic heterocycles. The van der Waals surface area contributed by atoms with Gasteiger partial charge in [0.2, 0.25) is 0 Å². The van der Waals surface area contributed by atoms with E-state index < -0.39 is 12.1 Å². The summed E-state index contributed by atoms with van der Waals surface area (Å²) in [4.78, 5) is 0. The maximum atomic E-state index is 5.87. The van der Waals surface area contributed by atoms with Gasteiger partial charge in [-0.25, -0.2) is 0 Å². The van der Waals surface area contributed by atoms with E-state index in [1.165, 1.54) is 0 Å². The summed E-state index contributed by atoms with van der Waals surface area (Å²) in [7, 11) is 1.59. The van der Waals surface area contributed by atoms with Crippen LogP contribution in [0.1, 0.15) is 19.6 Å². The normalized spacial score (nSPS) is 34.4. The molecule has 2 aliphatic rings. The highest BCUT2D eigenvalue weighted by Crippen LogP contribution is 2.38. The second-order valence-electron chi connectivity index (χ2n) is 5.49. The van der Waals surface area contributed by atoms with Gasteiger partial charge in [-0.15, -0.1) is 0 Å². The molecule has 0 N–H and O–H groups in total. The quantitative estimate of drug-likeness (QED) is 0.776. The van der Waals surface area contributed by atoms with Gasteiger partial charge in [-0.1, -0.05) is 0 Å². The molecule has 4 atom stereocenters. The van der Waals surface area contributed by atoms with Crippen LogP contribution in [-0.4, -0.2) is 44.1 Å². The van der Waals surface area contributed by atoms with Crippen LogP contribution in [-0.2, 0) is 23.7 Å². The van der Waals surface area contributed by atoms with Crippen LogP contribution in [0.2, 0.25) is 0 Å². The molecule has 116 valence electrons. The lowest BCUT2D eigenvalue weighted by Crippen LogP contribution is -2.32. The SMILES string of the molecule is COC1O[C@H](CO/C=C/c2ccco2)[C@H]2OC(C)(C)O[C@@H]12. The minimum Gasteiger partial charge on any atom is -0.498 e. The third-order valence-corrected chi connectivity index (χ3v) is 3.47. The summed E-state index contributed by atoms with van der Waals surface area (Å²) in [6.45, 7) is 4.12. The van der Waals surface area contributed by atoms with E-state index in [9.17, 15) is 0 Å². The number of ether oxygens (including phenoxy) is 5. The van der Waals surface area contributed by atoms with Gasteiger partial charge in [-0.3, -0.25) is 0 Å². The molecule has 21 heavy (non-hydrogen) atoms. The number of hydrogen-bond acceptors (Lipinski definition) is 6. The Labute approximate surface area is 123 Å². The van der Waals surface area contributed by atoms with Crippen LogP contribution in [0.15, 0.2) is 29.1 Å². The molecule has 1 aromatic rings. The largest absolute Gasteiger partial charge is 0.498 e. The molecular formula is C15H20O6. The molecule has 0 radical (unpaired) electrons. The van der Waals surface area contributed by atoms with Crippen molar-refractivity contribution >= 4 is 6.08 Å². The minimum atomic E-state index is -0.627. The van der Waals surface area contributed by atoms with Gasteiger partial charge >= 0.3 is 0 Å². The molecule has 0 saturated carbocycles. The zero-order chi connectivity index (χ0) is 14.9. The maximum Gasteiger partial charge on any atom is 0.186 e. The predicted octanol–water partition coefficient (Wildman–Crippen LogP) is 2.16. The third-order valence-electron chi connectivity index (χ3n) is 3.47. The van der Waals surface area contributed by atoms with Crippen molar-refractivity contribution in [3.05, 3.63) is 30.4 Å². The Bertz CT molecular complexity index is 480. The second kappa shape index (κ2) is 5.81. The monoisotopic (exact) mass is 296 g/mol. The molecule has 2 aliphatic heterocycles. The van der Waals surface area contributed by atoms with E-state index in [0.29, 0.717) is 6.61 Å². The lowest BCUT2D eigenvalue weighted by Gasteiger charge is -2.23. The first kappa shape index (κ1) is 14.6. The summed E-state index contributed by atoms with van der Waals surface area (Å²) in [6, 6.07) is 3.67. The molecule has 0 aliphatic carbocycles. The van der Waals surface area contributed by atoms with E-state index in [1.807, 2.05) is 26.0 Å². The molecule has 2 fully saturated rings. The van der Waals surface area contributed by atoms with Crippen molar-refractivity contribution in [1.82, 2.24) is 0 Å². The van der Waals surface area contributed by atoms with E-state index in [1.54, 1.807) is 25.7 Å². The van der Waals surface area contributed by atoms with Gasteiger partial charge in [0.15, 0.2) is 12.1 Å². The van der Waals surface area contributed by atoms with Crippen LogP contribution in [0, 0.1) is 0 Å². The van der Waals surface area contributed by atoms with Gasteiger partial charge in [0.1, 0.15) is 30.7 Å². The summed E-state index contributed by atoms with van der Waals surface area (Å²) in [5.41, 5.74) is 0. The maximum absolute atomic E-state index is 5.87. The average Bonchev–Trinajstić information content (AvgIpc) is 3.11. The molecule has 6 heteroatoms. The van der Waals surface area contributed by atoms with Crippen LogP contribution in [0.4, 0.5) is 0 Å². The highest BCUT2D eigenvalue weighted by atomic mass is 16.8. The number of fused-ring (bicyclic) bond motifs is 1. The molecule has 2 saturated heterocycles. The summed E-state index contributed by atoms with van der Waals surface area (Å²) in [5, 5.41) is 0. The summed E-state index contributed by atoms with van der Waals surface area (Å²) in [6.07, 6.45) is 3.85. The van der Waals surface area contributed by atoms with Crippen molar-refractivity contribution in [2.24, 2.45) is 0 Å². The number of furan rings is 1. The van der Waals surface area contributed by atoms with Crippen molar-refractivity contribution < 1.29 is 28.1 Å². The van der Waals surface area contributed by atoms with Crippen molar-refractivity contribution in [1.29, 1.82) is 0 Å².